The second kappa shape index (κ2) is 4.60. The first-order valence-electron chi connectivity index (χ1n) is 4.49. The fourth-order valence-electron chi connectivity index (χ4n) is 1.23. The number of hydrogen-bond donors (Lipinski definition) is 0. The highest BCUT2D eigenvalue weighted by Gasteiger charge is 2.02. The van der Waals surface area contributed by atoms with Crippen molar-refractivity contribution in [2.45, 2.75) is 13.8 Å². The number of pyridine rings is 1. The molecule has 0 saturated carbocycles. The Bertz CT molecular complexity index is 282. The maximum Gasteiger partial charge on any atom is 0.168 e. The van der Waals surface area contributed by atoms with E-state index in [1.807, 2.05) is 12.1 Å². The average molecular weight is 178 g/mol. The molecule has 0 aliphatic heterocycles. The summed E-state index contributed by atoms with van der Waals surface area (Å²) in [6.45, 7) is 5.95. The summed E-state index contributed by atoms with van der Waals surface area (Å²) in [5.41, 5.74) is 0.490. The molecule has 1 heterocycles. The first-order chi connectivity index (χ1) is 6.31. The fourth-order valence-corrected chi connectivity index (χ4v) is 1.23. The molecule has 1 rings (SSSR count). The van der Waals surface area contributed by atoms with E-state index >= 15 is 0 Å². The number of aldehydes is 1. The third kappa shape index (κ3) is 2.28. The minimum Gasteiger partial charge on any atom is -0.357 e. The second-order valence-corrected chi connectivity index (χ2v) is 2.71. The van der Waals surface area contributed by atoms with Crippen LogP contribution in [0, 0.1) is 0 Å². The van der Waals surface area contributed by atoms with E-state index in [4.69, 9.17) is 0 Å². The zero-order valence-electron chi connectivity index (χ0n) is 8.03. The zero-order chi connectivity index (χ0) is 9.68. The average Bonchev–Trinajstić information content (AvgIpc) is 2.20. The van der Waals surface area contributed by atoms with Gasteiger partial charge in [0.2, 0.25) is 0 Å². The van der Waals surface area contributed by atoms with Gasteiger partial charge in [0, 0.05) is 13.1 Å². The minimum atomic E-state index is 0.490. The van der Waals surface area contributed by atoms with Gasteiger partial charge < -0.3 is 4.90 Å². The van der Waals surface area contributed by atoms with Crippen LogP contribution in [-0.4, -0.2) is 24.4 Å². The maximum atomic E-state index is 10.5. The van der Waals surface area contributed by atoms with Gasteiger partial charge in [-0.15, -0.1) is 0 Å². The molecule has 0 aromatic carbocycles. The first kappa shape index (κ1) is 9.71. The van der Waals surface area contributed by atoms with Crippen molar-refractivity contribution >= 4 is 12.1 Å². The third-order valence-electron chi connectivity index (χ3n) is 1.96. The quantitative estimate of drug-likeness (QED) is 0.658. The van der Waals surface area contributed by atoms with Gasteiger partial charge in [0.05, 0.1) is 0 Å². The van der Waals surface area contributed by atoms with Gasteiger partial charge in [0.15, 0.2) is 6.29 Å². The molecule has 0 aliphatic carbocycles. The molecular formula is C10H14N2O. The van der Waals surface area contributed by atoms with E-state index < -0.39 is 0 Å². The van der Waals surface area contributed by atoms with E-state index in [0.29, 0.717) is 5.69 Å². The molecule has 13 heavy (non-hydrogen) atoms. The number of hydrogen-bond acceptors (Lipinski definition) is 3. The summed E-state index contributed by atoms with van der Waals surface area (Å²) in [6.07, 6.45) is 0.771. The topological polar surface area (TPSA) is 33.2 Å². The van der Waals surface area contributed by atoms with Crippen LogP contribution in [-0.2, 0) is 0 Å². The van der Waals surface area contributed by atoms with Crippen molar-refractivity contribution < 1.29 is 4.79 Å². The molecule has 3 nitrogen and oxygen atoms in total. The van der Waals surface area contributed by atoms with E-state index in [0.717, 1.165) is 25.2 Å². The van der Waals surface area contributed by atoms with Crippen LogP contribution in [0.5, 0.6) is 0 Å². The third-order valence-corrected chi connectivity index (χ3v) is 1.96. The number of anilines is 1. The number of aromatic nitrogens is 1. The van der Waals surface area contributed by atoms with Gasteiger partial charge in [-0.2, -0.15) is 0 Å². The van der Waals surface area contributed by atoms with Gasteiger partial charge in [-0.25, -0.2) is 4.98 Å². The van der Waals surface area contributed by atoms with Gasteiger partial charge in [0.25, 0.3) is 0 Å². The molecule has 0 amide bonds. The molecule has 1 aromatic heterocycles. The summed E-state index contributed by atoms with van der Waals surface area (Å²) < 4.78 is 0. The molecule has 0 aliphatic rings. The summed E-state index contributed by atoms with van der Waals surface area (Å²) in [5.74, 6) is 0.870. The highest BCUT2D eigenvalue weighted by Crippen LogP contribution is 2.09. The van der Waals surface area contributed by atoms with Crippen molar-refractivity contribution in [3.63, 3.8) is 0 Å². The van der Waals surface area contributed by atoms with Gasteiger partial charge in [0.1, 0.15) is 11.5 Å². The lowest BCUT2D eigenvalue weighted by molar-refractivity contribution is 0.111. The SMILES string of the molecule is CCN(CC)c1cccc(C=O)n1. The fraction of sp³-hybridized carbons (Fsp3) is 0.400. The van der Waals surface area contributed by atoms with Crippen LogP contribution in [0.25, 0.3) is 0 Å². The van der Waals surface area contributed by atoms with E-state index in [2.05, 4.69) is 23.7 Å². The Morgan fingerprint density at radius 3 is 2.62 bits per heavy atom. The standard InChI is InChI=1S/C10H14N2O/c1-3-12(4-2)10-7-5-6-9(8-13)11-10/h5-8H,3-4H2,1-2H3. The molecule has 0 saturated heterocycles. The molecule has 0 unspecified atom stereocenters. The molecule has 0 radical (unpaired) electrons. The normalized spacial score (nSPS) is 9.69. The Labute approximate surface area is 78.4 Å². The van der Waals surface area contributed by atoms with Crippen LogP contribution in [0.2, 0.25) is 0 Å². The minimum absolute atomic E-state index is 0.490. The molecule has 1 aromatic rings. The smallest absolute Gasteiger partial charge is 0.168 e. The van der Waals surface area contributed by atoms with E-state index in [9.17, 15) is 4.79 Å². The van der Waals surface area contributed by atoms with E-state index in [-0.39, 0.29) is 0 Å². The molecule has 0 fully saturated rings. The highest BCUT2D eigenvalue weighted by atomic mass is 16.1. The molecule has 0 spiro atoms. The predicted octanol–water partition coefficient (Wildman–Crippen LogP) is 1.74. The number of carbonyl (C=O) groups is 1. The monoisotopic (exact) mass is 178 g/mol. The summed E-state index contributed by atoms with van der Waals surface area (Å²) in [5, 5.41) is 0. The maximum absolute atomic E-state index is 10.5. The van der Waals surface area contributed by atoms with Crippen LogP contribution in [0.1, 0.15) is 24.3 Å². The lowest BCUT2D eigenvalue weighted by Gasteiger charge is -2.19. The van der Waals surface area contributed by atoms with Gasteiger partial charge >= 0.3 is 0 Å². The van der Waals surface area contributed by atoms with Crippen LogP contribution in [0.15, 0.2) is 18.2 Å². The largest absolute Gasteiger partial charge is 0.357 e. The Hall–Kier alpha value is -1.38. The zero-order valence-corrected chi connectivity index (χ0v) is 8.03. The number of rotatable bonds is 4. The van der Waals surface area contributed by atoms with Crippen LogP contribution >= 0.6 is 0 Å². The van der Waals surface area contributed by atoms with Crippen molar-refractivity contribution in [1.82, 2.24) is 4.98 Å². The highest BCUT2D eigenvalue weighted by molar-refractivity contribution is 5.72. The van der Waals surface area contributed by atoms with E-state index in [1.54, 1.807) is 6.07 Å². The molecular weight excluding hydrogens is 164 g/mol. The van der Waals surface area contributed by atoms with E-state index in [1.165, 1.54) is 0 Å². The van der Waals surface area contributed by atoms with Crippen LogP contribution in [0.3, 0.4) is 0 Å². The van der Waals surface area contributed by atoms with Crippen molar-refractivity contribution in [1.29, 1.82) is 0 Å². The van der Waals surface area contributed by atoms with Gasteiger partial charge in [-0.1, -0.05) is 6.07 Å². The van der Waals surface area contributed by atoms with Crippen molar-refractivity contribution in [2.24, 2.45) is 0 Å². The van der Waals surface area contributed by atoms with Crippen LogP contribution in [0.4, 0.5) is 5.82 Å². The first-order valence-corrected chi connectivity index (χ1v) is 4.49. The number of nitrogens with zero attached hydrogens (tertiary/aromatic N) is 2. The Morgan fingerprint density at radius 1 is 1.38 bits per heavy atom. The lowest BCUT2D eigenvalue weighted by atomic mass is 10.3. The van der Waals surface area contributed by atoms with Crippen molar-refractivity contribution in [2.75, 3.05) is 18.0 Å². The van der Waals surface area contributed by atoms with Gasteiger partial charge in [-0.05, 0) is 26.0 Å². The number of carbonyl (C=O) groups excluding carboxylic acids is 1. The summed E-state index contributed by atoms with van der Waals surface area (Å²) in [4.78, 5) is 16.8. The molecule has 70 valence electrons. The summed E-state index contributed by atoms with van der Waals surface area (Å²) >= 11 is 0. The second-order valence-electron chi connectivity index (χ2n) is 2.71. The Kier molecular flexibility index (Phi) is 3.43. The predicted molar refractivity (Wildman–Crippen MR) is 53.2 cm³/mol. The lowest BCUT2D eigenvalue weighted by Crippen LogP contribution is -2.23. The van der Waals surface area contributed by atoms with Crippen LogP contribution < -0.4 is 4.90 Å². The Morgan fingerprint density at radius 2 is 2.08 bits per heavy atom. The molecule has 0 N–H and O–H groups in total. The van der Waals surface area contributed by atoms with Gasteiger partial charge in [-0.3, -0.25) is 4.79 Å². The summed E-state index contributed by atoms with van der Waals surface area (Å²) in [7, 11) is 0. The van der Waals surface area contributed by atoms with Crippen molar-refractivity contribution in [3.8, 4) is 0 Å². The molecule has 3 heteroatoms. The molecule has 0 atom stereocenters. The Balaban J connectivity index is 2.92. The summed E-state index contributed by atoms with van der Waals surface area (Å²) in [6, 6.07) is 5.48. The van der Waals surface area contributed by atoms with Crippen molar-refractivity contribution in [3.05, 3.63) is 23.9 Å². The molecule has 0 bridgehead atoms.